The van der Waals surface area contributed by atoms with E-state index in [-0.39, 0.29) is 30.2 Å². The van der Waals surface area contributed by atoms with Crippen LogP contribution in [0.2, 0.25) is 5.02 Å². The maximum absolute atomic E-state index is 14.4. The molecule has 1 heterocycles. The highest BCUT2D eigenvalue weighted by Crippen LogP contribution is 2.30. The molecule has 6 nitrogen and oxygen atoms in total. The van der Waals surface area contributed by atoms with Crippen molar-refractivity contribution >= 4 is 17.7 Å². The van der Waals surface area contributed by atoms with Gasteiger partial charge in [-0.15, -0.1) is 0 Å². The number of benzene rings is 2. The third kappa shape index (κ3) is 4.35. The van der Waals surface area contributed by atoms with Crippen LogP contribution in [0.25, 0.3) is 10.4 Å². The van der Waals surface area contributed by atoms with Gasteiger partial charge in [0.15, 0.2) is 0 Å². The van der Waals surface area contributed by atoms with E-state index in [4.69, 9.17) is 21.9 Å². The number of hydrogen-bond donors (Lipinski definition) is 0. The number of carbonyl (C=O) groups excluding carboxylic acids is 1. The zero-order chi connectivity index (χ0) is 20.1. The van der Waals surface area contributed by atoms with Gasteiger partial charge in [-0.2, -0.15) is 0 Å². The molecule has 3 rings (SSSR count). The molecular formula is C19H17ClF2N4O2. The molecule has 9 heteroatoms. The van der Waals surface area contributed by atoms with Crippen molar-refractivity contribution in [2.75, 3.05) is 6.54 Å². The number of alkyl halides is 1. The number of nitrogens with zero attached hydrogens (tertiary/aromatic N) is 4. The molecule has 1 amide bonds. The van der Waals surface area contributed by atoms with Gasteiger partial charge in [0.1, 0.15) is 18.6 Å². The first kappa shape index (κ1) is 19.9. The molecule has 1 fully saturated rings. The van der Waals surface area contributed by atoms with Gasteiger partial charge in [-0.3, -0.25) is 0 Å². The first-order valence-corrected chi connectivity index (χ1v) is 8.97. The summed E-state index contributed by atoms with van der Waals surface area (Å²) in [5, 5.41) is 3.41. The Hall–Kier alpha value is -2.83. The molecule has 2 aromatic carbocycles. The lowest BCUT2D eigenvalue weighted by molar-refractivity contribution is 0.0897. The van der Waals surface area contributed by atoms with Crippen LogP contribution < -0.4 is 0 Å². The molecule has 0 radical (unpaired) electrons. The Bertz CT molecular complexity index is 893. The molecule has 3 atom stereocenters. The van der Waals surface area contributed by atoms with E-state index in [0.29, 0.717) is 0 Å². The van der Waals surface area contributed by atoms with Crippen LogP contribution in [-0.4, -0.2) is 35.8 Å². The van der Waals surface area contributed by atoms with E-state index in [9.17, 15) is 13.6 Å². The molecule has 0 aliphatic carbocycles. The molecule has 0 bridgehead atoms. The number of ether oxygens (including phenoxy) is 1. The summed E-state index contributed by atoms with van der Waals surface area (Å²) in [6.07, 6.45) is -2.39. The smallest absolute Gasteiger partial charge is 0.410 e. The van der Waals surface area contributed by atoms with Gasteiger partial charge in [0.05, 0.1) is 23.7 Å². The molecule has 0 saturated carbocycles. The molecule has 1 aliphatic heterocycles. The van der Waals surface area contributed by atoms with E-state index in [1.807, 2.05) is 6.07 Å². The average Bonchev–Trinajstić information content (AvgIpc) is 3.00. The lowest BCUT2D eigenvalue weighted by Crippen LogP contribution is -2.41. The second-order valence-electron chi connectivity index (χ2n) is 6.39. The lowest BCUT2D eigenvalue weighted by atomic mass is 9.99. The van der Waals surface area contributed by atoms with Crippen molar-refractivity contribution in [3.63, 3.8) is 0 Å². The molecule has 28 heavy (non-hydrogen) atoms. The van der Waals surface area contributed by atoms with Crippen LogP contribution >= 0.6 is 11.6 Å². The summed E-state index contributed by atoms with van der Waals surface area (Å²) in [5.74, 6) is -0.649. The molecule has 0 unspecified atom stereocenters. The Labute approximate surface area is 165 Å². The van der Waals surface area contributed by atoms with Gasteiger partial charge in [0.25, 0.3) is 0 Å². The molecule has 0 spiro atoms. The maximum Gasteiger partial charge on any atom is 0.410 e. The van der Waals surface area contributed by atoms with E-state index in [1.54, 1.807) is 30.3 Å². The standard InChI is InChI=1S/C19H17ClF2N4O2/c20-14-8-4-7-13(17(14)22)9-16-18(24-25-23)15(21)10-26(16)19(27)28-11-12-5-2-1-3-6-12/h1-8,15-16,18H,9-11H2/t15-,16-,18-/m0/s1. The molecule has 0 aromatic heterocycles. The summed E-state index contributed by atoms with van der Waals surface area (Å²) >= 11 is 5.81. The fourth-order valence-corrected chi connectivity index (χ4v) is 3.43. The molecule has 2 aromatic rings. The predicted octanol–water partition coefficient (Wildman–Crippen LogP) is 5.06. The molecule has 0 N–H and O–H groups in total. The molecule has 1 aliphatic rings. The normalized spacial score (nSPS) is 21.2. The van der Waals surface area contributed by atoms with Gasteiger partial charge in [0, 0.05) is 4.91 Å². The van der Waals surface area contributed by atoms with Crippen molar-refractivity contribution in [3.05, 3.63) is 80.9 Å². The van der Waals surface area contributed by atoms with Crippen molar-refractivity contribution in [1.82, 2.24) is 4.90 Å². The summed E-state index contributed by atoms with van der Waals surface area (Å²) in [5.41, 5.74) is 9.74. The summed E-state index contributed by atoms with van der Waals surface area (Å²) in [6.45, 7) is -0.290. The van der Waals surface area contributed by atoms with Crippen LogP contribution in [0.1, 0.15) is 11.1 Å². The lowest BCUT2D eigenvalue weighted by Gasteiger charge is -2.26. The van der Waals surface area contributed by atoms with Crippen LogP contribution in [-0.2, 0) is 17.8 Å². The summed E-state index contributed by atoms with van der Waals surface area (Å²) in [6, 6.07) is 11.4. The second kappa shape index (κ2) is 8.91. The van der Waals surface area contributed by atoms with Crippen LogP contribution in [0.4, 0.5) is 13.6 Å². The highest BCUT2D eigenvalue weighted by molar-refractivity contribution is 6.30. The Morgan fingerprint density at radius 3 is 2.75 bits per heavy atom. The quantitative estimate of drug-likeness (QED) is 0.395. The highest BCUT2D eigenvalue weighted by atomic mass is 35.5. The highest BCUT2D eigenvalue weighted by Gasteiger charge is 2.45. The minimum Gasteiger partial charge on any atom is -0.445 e. The molecular weight excluding hydrogens is 390 g/mol. The number of amides is 1. The predicted molar refractivity (Wildman–Crippen MR) is 100 cm³/mol. The average molecular weight is 407 g/mol. The number of carbonyl (C=O) groups is 1. The number of halogens is 3. The third-order valence-corrected chi connectivity index (χ3v) is 4.91. The van der Waals surface area contributed by atoms with Crippen LogP contribution in [0.3, 0.4) is 0 Å². The molecule has 1 saturated heterocycles. The second-order valence-corrected chi connectivity index (χ2v) is 6.80. The summed E-state index contributed by atoms with van der Waals surface area (Å²) in [4.78, 5) is 16.4. The van der Waals surface area contributed by atoms with E-state index in [0.717, 1.165) is 10.5 Å². The SMILES string of the molecule is [N-]=[N+]=N[C@H]1[C@@H](F)CN(C(=O)OCc2ccccc2)[C@H]1Cc1cccc(Cl)c1F. The van der Waals surface area contributed by atoms with Gasteiger partial charge >= 0.3 is 6.09 Å². The van der Waals surface area contributed by atoms with E-state index >= 15 is 0 Å². The monoisotopic (exact) mass is 406 g/mol. The number of rotatable bonds is 5. The van der Waals surface area contributed by atoms with E-state index in [2.05, 4.69) is 10.0 Å². The van der Waals surface area contributed by atoms with Gasteiger partial charge in [0.2, 0.25) is 0 Å². The van der Waals surface area contributed by atoms with Gasteiger partial charge < -0.3 is 9.64 Å². The van der Waals surface area contributed by atoms with Crippen molar-refractivity contribution < 1.29 is 18.3 Å². The number of likely N-dealkylation sites (tertiary alicyclic amines) is 1. The van der Waals surface area contributed by atoms with Crippen molar-refractivity contribution in [1.29, 1.82) is 0 Å². The Balaban J connectivity index is 1.80. The maximum atomic E-state index is 14.4. The van der Waals surface area contributed by atoms with Crippen LogP contribution in [0, 0.1) is 5.82 Å². The van der Waals surface area contributed by atoms with Gasteiger partial charge in [-0.25, -0.2) is 13.6 Å². The van der Waals surface area contributed by atoms with Crippen LogP contribution in [0.15, 0.2) is 53.6 Å². The first-order valence-electron chi connectivity index (χ1n) is 8.59. The fraction of sp³-hybridized carbons (Fsp3) is 0.316. The summed E-state index contributed by atoms with van der Waals surface area (Å²) < 4.78 is 34.0. The van der Waals surface area contributed by atoms with E-state index < -0.39 is 30.2 Å². The van der Waals surface area contributed by atoms with Crippen molar-refractivity contribution in [3.8, 4) is 0 Å². The van der Waals surface area contributed by atoms with Gasteiger partial charge in [-0.05, 0) is 29.1 Å². The van der Waals surface area contributed by atoms with Crippen molar-refractivity contribution in [2.24, 2.45) is 5.11 Å². The van der Waals surface area contributed by atoms with E-state index in [1.165, 1.54) is 12.1 Å². The fourth-order valence-electron chi connectivity index (χ4n) is 3.24. The zero-order valence-corrected chi connectivity index (χ0v) is 15.5. The number of azide groups is 1. The largest absolute Gasteiger partial charge is 0.445 e. The minimum absolute atomic E-state index is 0.0115. The van der Waals surface area contributed by atoms with Crippen LogP contribution in [0.5, 0.6) is 0 Å². The Kier molecular flexibility index (Phi) is 6.34. The summed E-state index contributed by atoms with van der Waals surface area (Å²) in [7, 11) is 0. The third-order valence-electron chi connectivity index (χ3n) is 4.62. The van der Waals surface area contributed by atoms with Gasteiger partial charge in [-0.1, -0.05) is 59.2 Å². The zero-order valence-electron chi connectivity index (χ0n) is 14.7. The molecule has 146 valence electrons. The minimum atomic E-state index is -1.58. The number of hydrogen-bond acceptors (Lipinski definition) is 3. The first-order chi connectivity index (χ1) is 13.5. The Morgan fingerprint density at radius 1 is 1.29 bits per heavy atom. The van der Waals surface area contributed by atoms with Crippen molar-refractivity contribution in [2.45, 2.75) is 31.3 Å². The topological polar surface area (TPSA) is 78.3 Å². The Morgan fingerprint density at radius 2 is 2.04 bits per heavy atom.